The third-order valence-electron chi connectivity index (χ3n) is 4.39. The normalized spacial score (nSPS) is 13.5. The molecule has 0 amide bonds. The van der Waals surface area contributed by atoms with Gasteiger partial charge in [-0.3, -0.25) is 4.79 Å². The van der Waals surface area contributed by atoms with Crippen LogP contribution in [0.5, 0.6) is 0 Å². The molecule has 2 aromatic carbocycles. The van der Waals surface area contributed by atoms with E-state index in [1.807, 2.05) is 24.3 Å². The maximum absolute atomic E-state index is 9.00. The largest absolute Gasteiger partial charge is 0.504 e. The second kappa shape index (κ2) is 10.0. The molecule has 0 bridgehead atoms. The smallest absolute Gasteiger partial charge is 0.300 e. The van der Waals surface area contributed by atoms with Crippen LogP contribution in [0.15, 0.2) is 60.9 Å². The third-order valence-corrected chi connectivity index (χ3v) is 4.64. The second-order valence-electron chi connectivity index (χ2n) is 7.19. The van der Waals surface area contributed by atoms with Crippen molar-refractivity contribution in [3.8, 4) is 11.8 Å². The average Bonchev–Trinajstić information content (AvgIpc) is 2.67. The Bertz CT molecular complexity index is 983. The molecule has 0 saturated carbocycles. The molecule has 0 heterocycles. The first kappa shape index (κ1) is 22.3. The van der Waals surface area contributed by atoms with Gasteiger partial charge in [-0.1, -0.05) is 53.8 Å². The molecule has 1 N–H and O–H groups in total. The molecular formula is C25H25ClO3. The fourth-order valence-corrected chi connectivity index (χ4v) is 3.03. The van der Waals surface area contributed by atoms with Crippen molar-refractivity contribution >= 4 is 23.1 Å². The lowest BCUT2D eigenvalue weighted by Gasteiger charge is -2.18. The molecule has 3 rings (SSSR count). The van der Waals surface area contributed by atoms with Crippen LogP contribution in [0, 0.1) is 11.8 Å². The Morgan fingerprint density at radius 1 is 1.21 bits per heavy atom. The van der Waals surface area contributed by atoms with Gasteiger partial charge in [-0.05, 0) is 61.2 Å². The lowest BCUT2D eigenvalue weighted by Crippen LogP contribution is -2.13. The monoisotopic (exact) mass is 408 g/mol. The minimum Gasteiger partial charge on any atom is -0.504 e. The Labute approximate surface area is 177 Å². The standard InChI is InChI=1S/C23H21ClO.C2H4O2/c1-23(2,20-9-11-21(24)12-10-20)14-13-17-7-8-18-5-4-6-19(16-25-3)22(18)15-17;1-2(3)4/h4,6-12,15-16H,5H2,1-3H3;1H3,(H,3,4). The highest BCUT2D eigenvalue weighted by molar-refractivity contribution is 6.30. The molecule has 29 heavy (non-hydrogen) atoms. The quantitative estimate of drug-likeness (QED) is 0.500. The summed E-state index contributed by atoms with van der Waals surface area (Å²) in [5.41, 5.74) is 5.51. The van der Waals surface area contributed by atoms with Crippen LogP contribution in [0.4, 0.5) is 0 Å². The van der Waals surface area contributed by atoms with Gasteiger partial charge in [-0.2, -0.15) is 0 Å². The number of ether oxygens (including phenoxy) is 1. The zero-order valence-corrected chi connectivity index (χ0v) is 17.9. The van der Waals surface area contributed by atoms with E-state index < -0.39 is 5.97 Å². The summed E-state index contributed by atoms with van der Waals surface area (Å²) in [4.78, 5) is 9.00. The Kier molecular flexibility index (Phi) is 7.70. The van der Waals surface area contributed by atoms with Gasteiger partial charge in [-0.15, -0.1) is 0 Å². The number of carboxylic acids is 1. The average molecular weight is 409 g/mol. The molecule has 0 spiro atoms. The van der Waals surface area contributed by atoms with Crippen LogP contribution in [-0.4, -0.2) is 18.2 Å². The molecule has 0 aliphatic heterocycles. The van der Waals surface area contributed by atoms with Gasteiger partial charge in [0.2, 0.25) is 0 Å². The highest BCUT2D eigenvalue weighted by atomic mass is 35.5. The van der Waals surface area contributed by atoms with Crippen LogP contribution in [0.25, 0.3) is 5.57 Å². The summed E-state index contributed by atoms with van der Waals surface area (Å²) in [6, 6.07) is 14.3. The zero-order chi connectivity index (χ0) is 21.4. The number of carbonyl (C=O) groups is 1. The van der Waals surface area contributed by atoms with Gasteiger partial charge in [-0.25, -0.2) is 0 Å². The number of carboxylic acid groups (broad SMARTS) is 1. The SMILES string of the molecule is CC(=O)O.COC=C1C=CCc2ccc(C#CC(C)(C)c3ccc(Cl)cc3)cc21. The van der Waals surface area contributed by atoms with Crippen LogP contribution in [0.1, 0.15) is 43.0 Å². The van der Waals surface area contributed by atoms with E-state index in [1.54, 1.807) is 13.4 Å². The predicted octanol–water partition coefficient (Wildman–Crippen LogP) is 5.86. The molecule has 1 aliphatic rings. The third kappa shape index (κ3) is 6.55. The van der Waals surface area contributed by atoms with Crippen LogP contribution in [0.3, 0.4) is 0 Å². The van der Waals surface area contributed by atoms with E-state index in [9.17, 15) is 0 Å². The summed E-state index contributed by atoms with van der Waals surface area (Å²) in [5, 5.41) is 8.16. The minimum atomic E-state index is -0.833. The Hall–Kier alpha value is -2.96. The van der Waals surface area contributed by atoms with E-state index in [4.69, 9.17) is 26.2 Å². The minimum absolute atomic E-state index is 0.244. The fraction of sp³-hybridized carbons (Fsp3) is 0.240. The number of benzene rings is 2. The number of hydrogen-bond donors (Lipinski definition) is 1. The number of rotatable bonds is 2. The summed E-state index contributed by atoms with van der Waals surface area (Å²) in [5.74, 6) is 5.91. The lowest BCUT2D eigenvalue weighted by atomic mass is 9.85. The van der Waals surface area contributed by atoms with Gasteiger partial charge in [0.25, 0.3) is 5.97 Å². The molecule has 0 saturated heterocycles. The number of aliphatic carboxylic acids is 1. The van der Waals surface area contributed by atoms with Crippen LogP contribution < -0.4 is 0 Å². The topological polar surface area (TPSA) is 46.5 Å². The van der Waals surface area contributed by atoms with Crippen molar-refractivity contribution < 1.29 is 14.6 Å². The molecule has 1 aliphatic carbocycles. The van der Waals surface area contributed by atoms with Crippen molar-refractivity contribution in [3.05, 3.63) is 88.2 Å². The fourth-order valence-electron chi connectivity index (χ4n) is 2.90. The van der Waals surface area contributed by atoms with Crippen molar-refractivity contribution in [2.24, 2.45) is 0 Å². The summed E-state index contributed by atoms with van der Waals surface area (Å²) in [6.07, 6.45) is 6.98. The van der Waals surface area contributed by atoms with Gasteiger partial charge in [0.05, 0.1) is 18.8 Å². The van der Waals surface area contributed by atoms with Crippen LogP contribution in [0.2, 0.25) is 5.02 Å². The summed E-state index contributed by atoms with van der Waals surface area (Å²) < 4.78 is 5.20. The molecule has 2 aromatic rings. The lowest BCUT2D eigenvalue weighted by molar-refractivity contribution is -0.134. The number of allylic oxidation sites excluding steroid dienone is 3. The molecule has 150 valence electrons. The van der Waals surface area contributed by atoms with Crippen molar-refractivity contribution in [2.45, 2.75) is 32.6 Å². The van der Waals surface area contributed by atoms with Crippen LogP contribution >= 0.6 is 11.6 Å². The van der Waals surface area contributed by atoms with Crippen molar-refractivity contribution in [3.63, 3.8) is 0 Å². The van der Waals surface area contributed by atoms with E-state index in [-0.39, 0.29) is 5.41 Å². The molecule has 0 fully saturated rings. The first-order valence-corrected chi connectivity index (χ1v) is 9.62. The zero-order valence-electron chi connectivity index (χ0n) is 17.1. The first-order chi connectivity index (χ1) is 13.7. The number of halogens is 1. The van der Waals surface area contributed by atoms with E-state index in [0.717, 1.165) is 35.1 Å². The summed E-state index contributed by atoms with van der Waals surface area (Å²) >= 11 is 5.98. The summed E-state index contributed by atoms with van der Waals surface area (Å²) in [7, 11) is 1.67. The van der Waals surface area contributed by atoms with E-state index in [0.29, 0.717) is 0 Å². The molecule has 0 atom stereocenters. The van der Waals surface area contributed by atoms with Crippen molar-refractivity contribution in [2.75, 3.05) is 7.11 Å². The maximum Gasteiger partial charge on any atom is 0.300 e. The Balaban J connectivity index is 0.000000687. The molecule has 0 unspecified atom stereocenters. The summed E-state index contributed by atoms with van der Waals surface area (Å²) in [6.45, 7) is 5.33. The molecule has 4 heteroatoms. The van der Waals surface area contributed by atoms with Crippen molar-refractivity contribution in [1.29, 1.82) is 0 Å². The van der Waals surface area contributed by atoms with Gasteiger partial charge in [0, 0.05) is 23.1 Å². The molecular weight excluding hydrogens is 384 g/mol. The molecule has 0 aromatic heterocycles. The Morgan fingerprint density at radius 2 is 1.86 bits per heavy atom. The molecule has 0 radical (unpaired) electrons. The van der Waals surface area contributed by atoms with Crippen molar-refractivity contribution in [1.82, 2.24) is 0 Å². The maximum atomic E-state index is 9.00. The van der Waals surface area contributed by atoms with Gasteiger partial charge in [0.1, 0.15) is 0 Å². The number of methoxy groups -OCH3 is 1. The highest BCUT2D eigenvalue weighted by Crippen LogP contribution is 2.28. The predicted molar refractivity (Wildman–Crippen MR) is 119 cm³/mol. The first-order valence-electron chi connectivity index (χ1n) is 9.24. The molecule has 3 nitrogen and oxygen atoms in total. The Morgan fingerprint density at radius 3 is 2.48 bits per heavy atom. The van der Waals surface area contributed by atoms with E-state index in [2.05, 4.69) is 56.0 Å². The van der Waals surface area contributed by atoms with Gasteiger partial charge >= 0.3 is 0 Å². The van der Waals surface area contributed by atoms with Gasteiger partial charge < -0.3 is 9.84 Å². The number of hydrogen-bond acceptors (Lipinski definition) is 2. The van der Waals surface area contributed by atoms with Crippen LogP contribution in [-0.2, 0) is 21.4 Å². The number of fused-ring (bicyclic) bond motifs is 1. The van der Waals surface area contributed by atoms with E-state index >= 15 is 0 Å². The highest BCUT2D eigenvalue weighted by Gasteiger charge is 2.17. The van der Waals surface area contributed by atoms with E-state index in [1.165, 1.54) is 11.1 Å². The second-order valence-corrected chi connectivity index (χ2v) is 7.62. The van der Waals surface area contributed by atoms with Gasteiger partial charge in [0.15, 0.2) is 0 Å².